The molecule has 0 bridgehead atoms. The highest BCUT2D eigenvalue weighted by Crippen LogP contribution is 2.35. The highest BCUT2D eigenvalue weighted by molar-refractivity contribution is 6.04. The highest BCUT2D eigenvalue weighted by atomic mass is 15.1. The van der Waals surface area contributed by atoms with Crippen LogP contribution in [0.1, 0.15) is 47.2 Å². The summed E-state index contributed by atoms with van der Waals surface area (Å²) in [5.41, 5.74) is 15.5. The average molecular weight is 702 g/mol. The van der Waals surface area contributed by atoms with Gasteiger partial charge < -0.3 is 4.90 Å². The second-order valence-electron chi connectivity index (χ2n) is 13.4. The predicted molar refractivity (Wildman–Crippen MR) is 235 cm³/mol. The molecule has 0 aromatic heterocycles. The lowest BCUT2D eigenvalue weighted by Crippen LogP contribution is -2.21. The lowest BCUT2D eigenvalue weighted by Gasteiger charge is -2.29. The van der Waals surface area contributed by atoms with Crippen molar-refractivity contribution in [1.82, 2.24) is 0 Å². The average Bonchev–Trinajstić information content (AvgIpc) is 3.23. The van der Waals surface area contributed by atoms with Crippen LogP contribution in [0.2, 0.25) is 0 Å². The first-order valence-electron chi connectivity index (χ1n) is 18.3. The topological polar surface area (TPSA) is 28.0 Å². The van der Waals surface area contributed by atoms with Gasteiger partial charge in [-0.15, -0.1) is 0 Å². The van der Waals surface area contributed by atoms with Gasteiger partial charge in [0.15, 0.2) is 5.84 Å². The van der Waals surface area contributed by atoms with E-state index in [0.29, 0.717) is 18.8 Å². The van der Waals surface area contributed by atoms with Crippen LogP contribution < -0.4 is 4.90 Å². The molecule has 266 valence electrons. The summed E-state index contributed by atoms with van der Waals surface area (Å²) < 4.78 is 0. The SMILES string of the molecule is C=CC(=C)c1ccccc1N(C/C(C)=C(\C)c1ccccc1C)c1ccc(/C(=C/Cc2ccc(-c3ccccc3)cc2)N=C(N=C)c2ccccc2)cc1. The third-order valence-electron chi connectivity index (χ3n) is 9.85. The Labute approximate surface area is 321 Å². The Morgan fingerprint density at radius 1 is 0.648 bits per heavy atom. The molecule has 6 aromatic carbocycles. The lowest BCUT2D eigenvalue weighted by molar-refractivity contribution is 1.03. The molecule has 0 saturated heterocycles. The number of para-hydroxylation sites is 1. The molecule has 54 heavy (non-hydrogen) atoms. The van der Waals surface area contributed by atoms with Crippen molar-refractivity contribution in [2.75, 3.05) is 11.4 Å². The molecule has 0 radical (unpaired) electrons. The molecule has 3 nitrogen and oxygen atoms in total. The predicted octanol–water partition coefficient (Wildman–Crippen LogP) is 13.2. The van der Waals surface area contributed by atoms with Gasteiger partial charge in [-0.2, -0.15) is 0 Å². The Morgan fingerprint density at radius 2 is 1.24 bits per heavy atom. The van der Waals surface area contributed by atoms with Gasteiger partial charge in [0.2, 0.25) is 0 Å². The minimum Gasteiger partial charge on any atom is -0.337 e. The number of anilines is 2. The molecule has 0 aliphatic carbocycles. The maximum absolute atomic E-state index is 5.11. The number of nitrogens with zero attached hydrogens (tertiary/aromatic N) is 3. The molecule has 0 amide bonds. The van der Waals surface area contributed by atoms with Crippen molar-refractivity contribution in [2.45, 2.75) is 27.2 Å². The van der Waals surface area contributed by atoms with Crippen LogP contribution >= 0.6 is 0 Å². The minimum absolute atomic E-state index is 0.580. The molecule has 0 aliphatic rings. The van der Waals surface area contributed by atoms with Crippen molar-refractivity contribution in [3.63, 3.8) is 0 Å². The van der Waals surface area contributed by atoms with Crippen LogP contribution in [0.4, 0.5) is 11.4 Å². The molecule has 0 N–H and O–H groups in total. The van der Waals surface area contributed by atoms with Crippen LogP contribution in [-0.2, 0) is 6.42 Å². The zero-order valence-electron chi connectivity index (χ0n) is 31.5. The monoisotopic (exact) mass is 701 g/mol. The quantitative estimate of drug-likeness (QED) is 0.0669. The highest BCUT2D eigenvalue weighted by Gasteiger charge is 2.17. The van der Waals surface area contributed by atoms with E-state index in [2.05, 4.69) is 178 Å². The number of rotatable bonds is 13. The number of benzene rings is 6. The molecule has 0 unspecified atom stereocenters. The number of amidine groups is 1. The largest absolute Gasteiger partial charge is 0.337 e. The fraction of sp³-hybridized carbons (Fsp3) is 0.0980. The fourth-order valence-electron chi connectivity index (χ4n) is 6.60. The Balaban J connectivity index is 1.40. The van der Waals surface area contributed by atoms with Crippen LogP contribution in [0.5, 0.6) is 0 Å². The van der Waals surface area contributed by atoms with Gasteiger partial charge in [-0.3, -0.25) is 0 Å². The van der Waals surface area contributed by atoms with E-state index in [0.717, 1.165) is 39.3 Å². The number of allylic oxidation sites excluding steroid dienone is 4. The second-order valence-corrected chi connectivity index (χ2v) is 13.4. The molecule has 0 saturated carbocycles. The normalized spacial score (nSPS) is 12.1. The van der Waals surface area contributed by atoms with Crippen LogP contribution in [-0.4, -0.2) is 19.1 Å². The van der Waals surface area contributed by atoms with Gasteiger partial charge in [-0.25, -0.2) is 9.98 Å². The van der Waals surface area contributed by atoms with Gasteiger partial charge >= 0.3 is 0 Å². The Hall–Kier alpha value is -6.58. The summed E-state index contributed by atoms with van der Waals surface area (Å²) in [6.45, 7) is 19.5. The van der Waals surface area contributed by atoms with E-state index < -0.39 is 0 Å². The third-order valence-corrected chi connectivity index (χ3v) is 9.85. The molecule has 0 aliphatic heterocycles. The summed E-state index contributed by atoms with van der Waals surface area (Å²) >= 11 is 0. The van der Waals surface area contributed by atoms with E-state index in [1.165, 1.54) is 39.0 Å². The van der Waals surface area contributed by atoms with Crippen molar-refractivity contribution in [1.29, 1.82) is 0 Å². The van der Waals surface area contributed by atoms with Crippen molar-refractivity contribution >= 4 is 40.8 Å². The van der Waals surface area contributed by atoms with E-state index in [1.807, 2.05) is 42.5 Å². The van der Waals surface area contributed by atoms with Crippen molar-refractivity contribution in [3.05, 3.63) is 222 Å². The summed E-state index contributed by atoms with van der Waals surface area (Å²) in [6, 6.07) is 54.9. The maximum Gasteiger partial charge on any atom is 0.159 e. The first-order chi connectivity index (χ1) is 26.4. The molecule has 6 aromatic rings. The second kappa shape index (κ2) is 17.8. The van der Waals surface area contributed by atoms with Gasteiger partial charge in [0.25, 0.3) is 0 Å². The van der Waals surface area contributed by atoms with Gasteiger partial charge in [0.05, 0.1) is 5.70 Å². The summed E-state index contributed by atoms with van der Waals surface area (Å²) in [7, 11) is 0. The molecule has 0 spiro atoms. The fourth-order valence-corrected chi connectivity index (χ4v) is 6.60. The third kappa shape index (κ3) is 8.89. The number of aryl methyl sites for hydroxylation is 1. The van der Waals surface area contributed by atoms with E-state index in [1.54, 1.807) is 0 Å². The molecule has 0 heterocycles. The summed E-state index contributed by atoms with van der Waals surface area (Å²) in [5.74, 6) is 0.580. The van der Waals surface area contributed by atoms with Gasteiger partial charge in [0, 0.05) is 34.6 Å². The van der Waals surface area contributed by atoms with E-state index in [4.69, 9.17) is 4.99 Å². The zero-order chi connectivity index (χ0) is 37.9. The molecule has 6 rings (SSSR count). The maximum atomic E-state index is 5.11. The Kier molecular flexibility index (Phi) is 12.2. The van der Waals surface area contributed by atoms with Crippen LogP contribution in [0.25, 0.3) is 28.0 Å². The standard InChI is InChI=1S/C51H47N3/c1-7-37(2)48-24-16-17-25-50(48)54(36-39(4)40(5)47-23-15-14-18-38(47)3)46-33-31-44(32-34-46)49(53-51(52-6)45-21-12-9-13-22-45)35-28-41-26-29-43(30-27-41)42-19-10-8-11-20-42/h7-27,29-35H,1-2,6,28,36H2,3-5H3/b40-39+,49-35-,53-51?. The first-order valence-corrected chi connectivity index (χ1v) is 18.3. The van der Waals surface area contributed by atoms with Crippen molar-refractivity contribution in [3.8, 4) is 11.1 Å². The Bertz CT molecular complexity index is 2330. The van der Waals surface area contributed by atoms with Crippen LogP contribution in [0, 0.1) is 6.92 Å². The van der Waals surface area contributed by atoms with E-state index >= 15 is 0 Å². The first kappa shape index (κ1) is 37.2. The number of hydrogen-bond acceptors (Lipinski definition) is 2. The van der Waals surface area contributed by atoms with E-state index in [-0.39, 0.29) is 0 Å². The lowest BCUT2D eigenvalue weighted by atomic mass is 9.97. The summed E-state index contributed by atoms with van der Waals surface area (Å²) in [5, 5.41) is 0. The smallest absolute Gasteiger partial charge is 0.159 e. The molecule has 3 heteroatoms. The number of aliphatic imine (C=N–C) groups is 2. The van der Waals surface area contributed by atoms with Crippen molar-refractivity contribution < 1.29 is 0 Å². The molecular weight excluding hydrogens is 655 g/mol. The van der Waals surface area contributed by atoms with E-state index in [9.17, 15) is 0 Å². The molecule has 0 atom stereocenters. The van der Waals surface area contributed by atoms with Gasteiger partial charge in [-0.1, -0.05) is 170 Å². The summed E-state index contributed by atoms with van der Waals surface area (Å²) in [6.07, 6.45) is 4.71. The van der Waals surface area contributed by atoms with Crippen LogP contribution in [0.15, 0.2) is 199 Å². The summed E-state index contributed by atoms with van der Waals surface area (Å²) in [4.78, 5) is 11.8. The van der Waals surface area contributed by atoms with Crippen molar-refractivity contribution in [2.24, 2.45) is 9.98 Å². The van der Waals surface area contributed by atoms with Gasteiger partial charge in [-0.05, 0) is 91.1 Å². The Morgan fingerprint density at radius 3 is 1.89 bits per heavy atom. The molecule has 0 fully saturated rings. The molecular formula is C51H47N3. The minimum atomic E-state index is 0.580. The number of hydrogen-bond donors (Lipinski definition) is 0. The van der Waals surface area contributed by atoms with Crippen LogP contribution in [0.3, 0.4) is 0 Å². The zero-order valence-corrected chi connectivity index (χ0v) is 31.5. The van der Waals surface area contributed by atoms with Gasteiger partial charge in [0.1, 0.15) is 0 Å².